The van der Waals surface area contributed by atoms with Gasteiger partial charge in [0.25, 0.3) is 0 Å². The van der Waals surface area contributed by atoms with Crippen LogP contribution >= 0.6 is 0 Å². The predicted octanol–water partition coefficient (Wildman–Crippen LogP) is 1.42. The van der Waals surface area contributed by atoms with Crippen LogP contribution in [0.3, 0.4) is 0 Å². The number of hydrogen-bond acceptors (Lipinski definition) is 3. The van der Waals surface area contributed by atoms with E-state index in [4.69, 9.17) is 5.73 Å². The number of rotatable bonds is 2. The summed E-state index contributed by atoms with van der Waals surface area (Å²) in [4.78, 5) is 0.405. The molecule has 5 heteroatoms. The molecule has 0 amide bonds. The molecule has 0 bridgehead atoms. The van der Waals surface area contributed by atoms with Crippen molar-refractivity contribution >= 4 is 10.0 Å². The van der Waals surface area contributed by atoms with Crippen molar-refractivity contribution < 1.29 is 8.42 Å². The van der Waals surface area contributed by atoms with Gasteiger partial charge in [-0.3, -0.25) is 0 Å². The van der Waals surface area contributed by atoms with Crippen molar-refractivity contribution in [3.8, 4) is 0 Å². The molecule has 0 radical (unpaired) electrons. The first-order valence-electron chi connectivity index (χ1n) is 6.24. The number of benzene rings is 1. The van der Waals surface area contributed by atoms with Gasteiger partial charge in [0.15, 0.2) is 0 Å². The van der Waals surface area contributed by atoms with E-state index in [9.17, 15) is 8.42 Å². The average Bonchev–Trinajstić information content (AvgIpc) is 2.28. The fraction of sp³-hybridized carbons (Fsp3) is 0.538. The van der Waals surface area contributed by atoms with Crippen molar-refractivity contribution in [2.45, 2.75) is 37.6 Å². The van der Waals surface area contributed by atoms with Gasteiger partial charge in [-0.2, -0.15) is 4.31 Å². The topological polar surface area (TPSA) is 63.4 Å². The highest BCUT2D eigenvalue weighted by Crippen LogP contribution is 2.23. The maximum Gasteiger partial charge on any atom is 0.243 e. The third-order valence-corrected chi connectivity index (χ3v) is 5.39. The monoisotopic (exact) mass is 268 g/mol. The van der Waals surface area contributed by atoms with Crippen molar-refractivity contribution in [3.63, 3.8) is 0 Å². The number of sulfonamides is 1. The van der Waals surface area contributed by atoms with Crippen molar-refractivity contribution in [1.29, 1.82) is 0 Å². The quantitative estimate of drug-likeness (QED) is 0.882. The van der Waals surface area contributed by atoms with E-state index in [0.717, 1.165) is 24.0 Å². The smallest absolute Gasteiger partial charge is 0.243 e. The Kier molecular flexibility index (Phi) is 3.75. The maximum absolute atomic E-state index is 12.5. The summed E-state index contributed by atoms with van der Waals surface area (Å²) in [5.41, 5.74) is 7.73. The van der Waals surface area contributed by atoms with Crippen LogP contribution in [0.5, 0.6) is 0 Å². The molecule has 2 N–H and O–H groups in total. The van der Waals surface area contributed by atoms with Crippen molar-refractivity contribution in [1.82, 2.24) is 4.31 Å². The highest BCUT2D eigenvalue weighted by molar-refractivity contribution is 7.89. The number of nitrogens with zero attached hydrogens (tertiary/aromatic N) is 1. The molecule has 0 aromatic heterocycles. The van der Waals surface area contributed by atoms with Crippen molar-refractivity contribution in [2.24, 2.45) is 5.73 Å². The summed E-state index contributed by atoms with van der Waals surface area (Å²) >= 11 is 0. The predicted molar refractivity (Wildman–Crippen MR) is 71.9 cm³/mol. The van der Waals surface area contributed by atoms with E-state index in [0.29, 0.717) is 18.0 Å². The van der Waals surface area contributed by atoms with Crippen LogP contribution in [0.15, 0.2) is 23.1 Å². The average molecular weight is 268 g/mol. The van der Waals surface area contributed by atoms with Gasteiger partial charge in [-0.25, -0.2) is 8.42 Å². The van der Waals surface area contributed by atoms with Gasteiger partial charge >= 0.3 is 0 Å². The molecule has 1 saturated heterocycles. The molecule has 1 heterocycles. The summed E-state index contributed by atoms with van der Waals surface area (Å²) in [6.45, 7) is 4.79. The zero-order valence-electron chi connectivity index (χ0n) is 10.9. The Morgan fingerprint density at radius 2 is 2.06 bits per heavy atom. The van der Waals surface area contributed by atoms with Gasteiger partial charge in [-0.15, -0.1) is 0 Å². The second-order valence-corrected chi connectivity index (χ2v) is 6.94. The summed E-state index contributed by atoms with van der Waals surface area (Å²) in [6, 6.07) is 5.39. The third kappa shape index (κ3) is 2.58. The summed E-state index contributed by atoms with van der Waals surface area (Å²) < 4.78 is 26.6. The lowest BCUT2D eigenvalue weighted by Crippen LogP contribution is -2.45. The zero-order valence-corrected chi connectivity index (χ0v) is 11.7. The van der Waals surface area contributed by atoms with E-state index < -0.39 is 10.0 Å². The molecule has 0 aliphatic carbocycles. The molecule has 2 rings (SSSR count). The molecule has 1 aliphatic heterocycles. The maximum atomic E-state index is 12.5. The van der Waals surface area contributed by atoms with E-state index in [-0.39, 0.29) is 6.04 Å². The number of aryl methyl sites for hydroxylation is 2. The molecular formula is C13H20N2O2S. The van der Waals surface area contributed by atoms with Gasteiger partial charge < -0.3 is 5.73 Å². The minimum atomic E-state index is -3.39. The molecule has 1 aromatic carbocycles. The van der Waals surface area contributed by atoms with Crippen LogP contribution in [0.2, 0.25) is 0 Å². The first kappa shape index (κ1) is 13.5. The molecule has 0 spiro atoms. The van der Waals surface area contributed by atoms with Crippen LogP contribution in [0, 0.1) is 13.8 Å². The first-order valence-corrected chi connectivity index (χ1v) is 7.68. The summed E-state index contributed by atoms with van der Waals surface area (Å²) in [7, 11) is -3.39. The summed E-state index contributed by atoms with van der Waals surface area (Å²) in [5.74, 6) is 0. The largest absolute Gasteiger partial charge is 0.327 e. The van der Waals surface area contributed by atoms with Crippen molar-refractivity contribution in [3.05, 3.63) is 29.3 Å². The van der Waals surface area contributed by atoms with E-state index >= 15 is 0 Å². The van der Waals surface area contributed by atoms with Crippen LogP contribution in [-0.4, -0.2) is 31.9 Å². The zero-order chi connectivity index (χ0) is 13.3. The van der Waals surface area contributed by atoms with Crippen LogP contribution in [-0.2, 0) is 10.0 Å². The fourth-order valence-electron chi connectivity index (χ4n) is 2.42. The molecule has 100 valence electrons. The number of hydrogen-bond donors (Lipinski definition) is 1. The Labute approximate surface area is 109 Å². The van der Waals surface area contributed by atoms with Gasteiger partial charge in [0, 0.05) is 19.1 Å². The molecule has 1 atom stereocenters. The fourth-order valence-corrected chi connectivity index (χ4v) is 4.16. The molecule has 4 nitrogen and oxygen atoms in total. The lowest BCUT2D eigenvalue weighted by Gasteiger charge is -2.30. The second kappa shape index (κ2) is 4.99. The van der Waals surface area contributed by atoms with Gasteiger partial charge in [0.2, 0.25) is 10.0 Å². The van der Waals surface area contributed by atoms with Gasteiger partial charge in [-0.1, -0.05) is 17.7 Å². The Balaban J connectivity index is 2.35. The SMILES string of the molecule is Cc1ccc(S(=O)(=O)N2CCC[C@H](N)C2)c(C)c1. The highest BCUT2D eigenvalue weighted by atomic mass is 32.2. The van der Waals surface area contributed by atoms with Crippen LogP contribution < -0.4 is 5.73 Å². The normalized spacial score (nSPS) is 22.1. The lowest BCUT2D eigenvalue weighted by molar-refractivity contribution is 0.316. The Morgan fingerprint density at radius 3 is 2.67 bits per heavy atom. The molecular weight excluding hydrogens is 248 g/mol. The Bertz CT molecular complexity index is 540. The lowest BCUT2D eigenvalue weighted by atomic mass is 10.1. The van der Waals surface area contributed by atoms with Crippen LogP contribution in [0.1, 0.15) is 24.0 Å². The highest BCUT2D eigenvalue weighted by Gasteiger charge is 2.29. The third-order valence-electron chi connectivity index (χ3n) is 3.37. The number of piperidine rings is 1. The minimum Gasteiger partial charge on any atom is -0.327 e. The Morgan fingerprint density at radius 1 is 1.33 bits per heavy atom. The first-order chi connectivity index (χ1) is 8.41. The minimum absolute atomic E-state index is 0.0423. The molecule has 18 heavy (non-hydrogen) atoms. The molecule has 0 saturated carbocycles. The van der Waals surface area contributed by atoms with E-state index in [1.165, 1.54) is 4.31 Å². The number of nitrogens with two attached hydrogens (primary N) is 1. The van der Waals surface area contributed by atoms with Gasteiger partial charge in [0.05, 0.1) is 4.90 Å². The van der Waals surface area contributed by atoms with Crippen LogP contribution in [0.4, 0.5) is 0 Å². The second-order valence-electron chi connectivity index (χ2n) is 5.03. The standard InChI is InChI=1S/C13H20N2O2S/c1-10-5-6-13(11(2)8-10)18(16,17)15-7-3-4-12(14)9-15/h5-6,8,12H,3-4,7,9,14H2,1-2H3/t12-/m0/s1. The Hall–Kier alpha value is -0.910. The van der Waals surface area contributed by atoms with Gasteiger partial charge in [0.1, 0.15) is 0 Å². The molecule has 1 aromatic rings. The molecule has 0 unspecified atom stereocenters. The van der Waals surface area contributed by atoms with E-state index in [1.54, 1.807) is 6.07 Å². The van der Waals surface area contributed by atoms with Gasteiger partial charge in [-0.05, 0) is 38.3 Å². The van der Waals surface area contributed by atoms with E-state index in [2.05, 4.69) is 0 Å². The summed E-state index contributed by atoms with van der Waals surface area (Å²) in [6.07, 6.45) is 1.74. The van der Waals surface area contributed by atoms with E-state index in [1.807, 2.05) is 26.0 Å². The molecule has 1 aliphatic rings. The van der Waals surface area contributed by atoms with Crippen molar-refractivity contribution in [2.75, 3.05) is 13.1 Å². The summed E-state index contributed by atoms with van der Waals surface area (Å²) in [5, 5.41) is 0. The molecule has 1 fully saturated rings. The van der Waals surface area contributed by atoms with Crippen LogP contribution in [0.25, 0.3) is 0 Å².